The van der Waals surface area contributed by atoms with Gasteiger partial charge in [0.2, 0.25) is 10.0 Å². The molecule has 1 atom stereocenters. The SMILES string of the molecule is COc1ccccc1C(=O)O[C@H](C)C(=O)Nc1cccc(S(=O)(=O)N(C)C)c1. The van der Waals surface area contributed by atoms with Gasteiger partial charge in [-0.25, -0.2) is 17.5 Å². The second kappa shape index (κ2) is 8.85. The van der Waals surface area contributed by atoms with E-state index in [1.165, 1.54) is 52.4 Å². The molecule has 1 N–H and O–H groups in total. The number of hydrogen-bond acceptors (Lipinski definition) is 6. The lowest BCUT2D eigenvalue weighted by Gasteiger charge is -2.16. The molecule has 0 aromatic heterocycles. The molecule has 2 aromatic rings. The van der Waals surface area contributed by atoms with Crippen LogP contribution in [0.25, 0.3) is 0 Å². The van der Waals surface area contributed by atoms with E-state index in [-0.39, 0.29) is 16.1 Å². The van der Waals surface area contributed by atoms with Crippen molar-refractivity contribution in [2.75, 3.05) is 26.5 Å². The van der Waals surface area contributed by atoms with Crippen molar-refractivity contribution in [3.8, 4) is 5.75 Å². The molecule has 0 aliphatic carbocycles. The zero-order valence-electron chi connectivity index (χ0n) is 16.0. The number of nitrogens with one attached hydrogen (secondary N) is 1. The van der Waals surface area contributed by atoms with Gasteiger partial charge in [0.1, 0.15) is 11.3 Å². The van der Waals surface area contributed by atoms with E-state index in [0.29, 0.717) is 5.75 Å². The maximum absolute atomic E-state index is 12.3. The zero-order valence-corrected chi connectivity index (χ0v) is 16.8. The highest BCUT2D eigenvalue weighted by molar-refractivity contribution is 7.89. The van der Waals surface area contributed by atoms with Crippen LogP contribution in [-0.2, 0) is 19.6 Å². The molecule has 0 saturated heterocycles. The number of rotatable bonds is 7. The molecular formula is C19H22N2O6S. The number of anilines is 1. The monoisotopic (exact) mass is 406 g/mol. The molecule has 0 bridgehead atoms. The molecule has 150 valence electrons. The van der Waals surface area contributed by atoms with Crippen LogP contribution in [-0.4, -0.2) is 51.9 Å². The van der Waals surface area contributed by atoms with Crippen LogP contribution in [0.15, 0.2) is 53.4 Å². The van der Waals surface area contributed by atoms with Crippen LogP contribution in [0.4, 0.5) is 5.69 Å². The third-order valence-corrected chi connectivity index (χ3v) is 5.67. The summed E-state index contributed by atoms with van der Waals surface area (Å²) in [5.41, 5.74) is 0.469. The molecule has 9 heteroatoms. The van der Waals surface area contributed by atoms with E-state index in [0.717, 1.165) is 4.31 Å². The quantitative estimate of drug-likeness (QED) is 0.707. The molecule has 0 heterocycles. The second-order valence-corrected chi connectivity index (χ2v) is 8.20. The van der Waals surface area contributed by atoms with Crippen LogP contribution in [0.2, 0.25) is 0 Å². The minimum atomic E-state index is -3.64. The summed E-state index contributed by atoms with van der Waals surface area (Å²) in [5, 5.41) is 2.55. The number of benzene rings is 2. The van der Waals surface area contributed by atoms with Gasteiger partial charge in [-0.1, -0.05) is 18.2 Å². The number of methoxy groups -OCH3 is 1. The van der Waals surface area contributed by atoms with Crippen LogP contribution in [0.3, 0.4) is 0 Å². The van der Waals surface area contributed by atoms with E-state index in [4.69, 9.17) is 9.47 Å². The number of ether oxygens (including phenoxy) is 2. The highest BCUT2D eigenvalue weighted by atomic mass is 32.2. The molecule has 0 aliphatic heterocycles. The van der Waals surface area contributed by atoms with Gasteiger partial charge >= 0.3 is 5.97 Å². The lowest BCUT2D eigenvalue weighted by atomic mass is 10.2. The molecule has 0 unspecified atom stereocenters. The van der Waals surface area contributed by atoms with E-state index in [9.17, 15) is 18.0 Å². The van der Waals surface area contributed by atoms with Crippen LogP contribution in [0, 0.1) is 0 Å². The van der Waals surface area contributed by atoms with E-state index >= 15 is 0 Å². The van der Waals surface area contributed by atoms with Gasteiger partial charge in [-0.2, -0.15) is 0 Å². The lowest BCUT2D eigenvalue weighted by Crippen LogP contribution is -2.30. The van der Waals surface area contributed by atoms with Crippen molar-refractivity contribution < 1.29 is 27.5 Å². The Morgan fingerprint density at radius 2 is 1.75 bits per heavy atom. The van der Waals surface area contributed by atoms with Crippen molar-refractivity contribution >= 4 is 27.6 Å². The number of para-hydroxylation sites is 1. The Kier molecular flexibility index (Phi) is 6.76. The first-order chi connectivity index (χ1) is 13.2. The zero-order chi connectivity index (χ0) is 20.9. The maximum atomic E-state index is 12.3. The summed E-state index contributed by atoms with van der Waals surface area (Å²) in [6.45, 7) is 1.42. The van der Waals surface area contributed by atoms with Crippen LogP contribution in [0.1, 0.15) is 17.3 Å². The predicted octanol–water partition coefficient (Wildman–Crippen LogP) is 2.13. The summed E-state index contributed by atoms with van der Waals surface area (Å²) < 4.78 is 35.8. The Morgan fingerprint density at radius 3 is 2.39 bits per heavy atom. The number of esters is 1. The molecule has 0 radical (unpaired) electrons. The molecular weight excluding hydrogens is 384 g/mol. The Bertz CT molecular complexity index is 972. The summed E-state index contributed by atoms with van der Waals surface area (Å²) >= 11 is 0. The third-order valence-electron chi connectivity index (χ3n) is 3.86. The minimum absolute atomic E-state index is 0.0361. The minimum Gasteiger partial charge on any atom is -0.496 e. The van der Waals surface area contributed by atoms with Gasteiger partial charge in [-0.3, -0.25) is 4.79 Å². The number of nitrogens with zero attached hydrogens (tertiary/aromatic N) is 1. The summed E-state index contributed by atoms with van der Waals surface area (Å²) in [7, 11) is 0.625. The van der Waals surface area contributed by atoms with Crippen LogP contribution in [0.5, 0.6) is 5.75 Å². The molecule has 1 amide bonds. The van der Waals surface area contributed by atoms with Crippen molar-refractivity contribution in [3.05, 3.63) is 54.1 Å². The predicted molar refractivity (Wildman–Crippen MR) is 104 cm³/mol. The first kappa shape index (κ1) is 21.4. The molecule has 28 heavy (non-hydrogen) atoms. The van der Waals surface area contributed by atoms with Gasteiger partial charge in [0, 0.05) is 19.8 Å². The fourth-order valence-electron chi connectivity index (χ4n) is 2.28. The number of amides is 1. The van der Waals surface area contributed by atoms with E-state index in [1.54, 1.807) is 24.3 Å². The first-order valence-electron chi connectivity index (χ1n) is 8.34. The fourth-order valence-corrected chi connectivity index (χ4v) is 3.23. The van der Waals surface area contributed by atoms with Crippen molar-refractivity contribution in [1.29, 1.82) is 0 Å². The third kappa shape index (κ3) is 4.87. The highest BCUT2D eigenvalue weighted by Crippen LogP contribution is 2.20. The van der Waals surface area contributed by atoms with Gasteiger partial charge in [0.15, 0.2) is 6.10 Å². The molecule has 2 rings (SSSR count). The van der Waals surface area contributed by atoms with Crippen molar-refractivity contribution in [2.24, 2.45) is 0 Å². The Hall–Kier alpha value is -2.91. The maximum Gasteiger partial charge on any atom is 0.342 e. The normalized spacial score (nSPS) is 12.3. The van der Waals surface area contributed by atoms with Gasteiger partial charge in [-0.15, -0.1) is 0 Å². The first-order valence-corrected chi connectivity index (χ1v) is 9.78. The second-order valence-electron chi connectivity index (χ2n) is 6.05. The Labute approximate surface area is 164 Å². The molecule has 0 spiro atoms. The summed E-state index contributed by atoms with van der Waals surface area (Å²) in [5.74, 6) is -0.964. The smallest absolute Gasteiger partial charge is 0.342 e. The topological polar surface area (TPSA) is 102 Å². The molecule has 0 saturated carbocycles. The average molecular weight is 406 g/mol. The average Bonchev–Trinajstić information content (AvgIpc) is 2.67. The fraction of sp³-hybridized carbons (Fsp3) is 0.263. The molecule has 2 aromatic carbocycles. The van der Waals surface area contributed by atoms with Crippen molar-refractivity contribution in [2.45, 2.75) is 17.9 Å². The number of carbonyl (C=O) groups is 2. The molecule has 8 nitrogen and oxygen atoms in total. The number of hydrogen-bond donors (Lipinski definition) is 1. The van der Waals surface area contributed by atoms with Gasteiger partial charge in [-0.05, 0) is 37.3 Å². The highest BCUT2D eigenvalue weighted by Gasteiger charge is 2.22. The Morgan fingerprint density at radius 1 is 1.07 bits per heavy atom. The largest absolute Gasteiger partial charge is 0.496 e. The van der Waals surface area contributed by atoms with E-state index in [1.807, 2.05) is 0 Å². The lowest BCUT2D eigenvalue weighted by molar-refractivity contribution is -0.123. The summed E-state index contributed by atoms with van der Waals surface area (Å²) in [6, 6.07) is 12.3. The Balaban J connectivity index is 2.10. The standard InChI is InChI=1S/C19H22N2O6S/c1-13(27-19(23)16-10-5-6-11-17(16)26-4)18(22)20-14-8-7-9-15(12-14)28(24,25)21(2)3/h5-13H,1-4H3,(H,20,22)/t13-/m1/s1. The molecule has 0 fully saturated rings. The van der Waals surface area contributed by atoms with Gasteiger partial charge < -0.3 is 14.8 Å². The van der Waals surface area contributed by atoms with E-state index < -0.39 is 28.0 Å². The number of carbonyl (C=O) groups excluding carboxylic acids is 2. The van der Waals surface area contributed by atoms with Gasteiger partial charge in [0.05, 0.1) is 12.0 Å². The van der Waals surface area contributed by atoms with Crippen LogP contribution >= 0.6 is 0 Å². The van der Waals surface area contributed by atoms with Gasteiger partial charge in [0.25, 0.3) is 5.91 Å². The van der Waals surface area contributed by atoms with Crippen molar-refractivity contribution in [3.63, 3.8) is 0 Å². The number of sulfonamides is 1. The van der Waals surface area contributed by atoms with Crippen LogP contribution < -0.4 is 10.1 Å². The molecule has 0 aliphatic rings. The van der Waals surface area contributed by atoms with Crippen molar-refractivity contribution in [1.82, 2.24) is 4.31 Å². The summed E-state index contributed by atoms with van der Waals surface area (Å²) in [4.78, 5) is 24.7. The van der Waals surface area contributed by atoms with E-state index in [2.05, 4.69) is 5.32 Å². The summed E-state index contributed by atoms with van der Waals surface area (Å²) in [6.07, 6.45) is -1.11.